The second-order valence-electron chi connectivity index (χ2n) is 8.05. The van der Waals surface area contributed by atoms with E-state index in [9.17, 15) is 9.59 Å². The van der Waals surface area contributed by atoms with Gasteiger partial charge in [-0.1, -0.05) is 6.92 Å². The van der Waals surface area contributed by atoms with Gasteiger partial charge >= 0.3 is 0 Å². The van der Waals surface area contributed by atoms with E-state index < -0.39 is 0 Å². The first-order valence-electron chi connectivity index (χ1n) is 9.68. The maximum atomic E-state index is 13.1. The van der Waals surface area contributed by atoms with E-state index in [1.807, 2.05) is 29.8 Å². The van der Waals surface area contributed by atoms with Gasteiger partial charge in [0.25, 0.3) is 5.91 Å². The fourth-order valence-corrected chi connectivity index (χ4v) is 5.80. The van der Waals surface area contributed by atoms with Gasteiger partial charge in [-0.3, -0.25) is 9.59 Å². The van der Waals surface area contributed by atoms with Crippen LogP contribution in [0.2, 0.25) is 0 Å². The number of rotatable bonds is 2. The van der Waals surface area contributed by atoms with Crippen molar-refractivity contribution in [3.05, 3.63) is 69.3 Å². The number of aryl methyl sites for hydroxylation is 1. The second-order valence-corrected chi connectivity index (χ2v) is 8.93. The van der Waals surface area contributed by atoms with Gasteiger partial charge in [0.1, 0.15) is 5.65 Å². The van der Waals surface area contributed by atoms with Gasteiger partial charge in [-0.05, 0) is 54.5 Å². The lowest BCUT2D eigenvalue weighted by atomic mass is 9.69. The molecule has 4 heterocycles. The van der Waals surface area contributed by atoms with E-state index in [2.05, 4.69) is 30.7 Å². The number of likely N-dealkylation sites (tertiary alicyclic amines) is 1. The number of ketones is 1. The Bertz CT molecular complexity index is 1230. The topological polar surface area (TPSA) is 66.1 Å². The first kappa shape index (κ1) is 18.1. The number of nitrogens with one attached hydrogen (secondary N) is 1. The molecule has 29 heavy (non-hydrogen) atoms. The molecule has 5 nitrogen and oxygen atoms in total. The first-order chi connectivity index (χ1) is 13.9. The number of hydrogen-bond donors (Lipinski definition) is 1. The molecule has 0 bridgehead atoms. The van der Waals surface area contributed by atoms with Gasteiger partial charge in [-0.25, -0.2) is 4.98 Å². The van der Waals surface area contributed by atoms with E-state index in [0.717, 1.165) is 38.3 Å². The summed E-state index contributed by atoms with van der Waals surface area (Å²) in [6, 6.07) is 3.85. The molecule has 1 aliphatic carbocycles. The number of H-pyrrole nitrogens is 1. The number of aromatic amines is 1. The van der Waals surface area contributed by atoms with Gasteiger partial charge in [0.05, 0.1) is 4.88 Å². The highest BCUT2D eigenvalue weighted by atomic mass is 32.1. The average molecular weight is 404 g/mol. The molecule has 5 rings (SSSR count). The van der Waals surface area contributed by atoms with Crippen LogP contribution < -0.4 is 0 Å². The number of carbonyl (C=O) groups is 2. The van der Waals surface area contributed by atoms with E-state index in [-0.39, 0.29) is 23.0 Å². The molecule has 1 saturated heterocycles. The molecule has 2 atom stereocenters. The average Bonchev–Trinajstić information content (AvgIpc) is 3.37. The standard InChI is InChI=1S/C23H21N3O2S/c1-13-12-29-21-17(27)9-18-23(3,20(13)21)14(2)11-26(18)19(28)7-6-15-10-25-22-16(15)5-4-8-24-22/h4-10,12,14H,11H2,1-3H3,(H,24,25)/b7-6+/t14-,23+/m1/s1. The number of allylic oxidation sites excluding steroid dienone is 2. The predicted octanol–water partition coefficient (Wildman–Crippen LogP) is 4.46. The number of nitrogens with zero attached hydrogens (tertiary/aromatic N) is 2. The molecular formula is C23H21N3O2S. The Hall–Kier alpha value is -2.99. The van der Waals surface area contributed by atoms with E-state index in [0.29, 0.717) is 6.54 Å². The summed E-state index contributed by atoms with van der Waals surface area (Å²) < 4.78 is 0. The van der Waals surface area contributed by atoms with Crippen LogP contribution in [0.25, 0.3) is 17.1 Å². The Morgan fingerprint density at radius 2 is 2.28 bits per heavy atom. The summed E-state index contributed by atoms with van der Waals surface area (Å²) in [6.07, 6.45) is 8.66. The van der Waals surface area contributed by atoms with Gasteiger partial charge < -0.3 is 9.88 Å². The molecule has 1 aliphatic heterocycles. The van der Waals surface area contributed by atoms with Crippen molar-refractivity contribution < 1.29 is 9.59 Å². The maximum Gasteiger partial charge on any atom is 0.250 e. The van der Waals surface area contributed by atoms with Crippen molar-refractivity contribution in [1.29, 1.82) is 0 Å². The van der Waals surface area contributed by atoms with Gasteiger partial charge in [-0.2, -0.15) is 0 Å². The molecule has 0 aromatic carbocycles. The lowest BCUT2D eigenvalue weighted by Gasteiger charge is -2.34. The fraction of sp³-hybridized carbons (Fsp3) is 0.261. The highest BCUT2D eigenvalue weighted by Crippen LogP contribution is 2.52. The molecule has 6 heteroatoms. The van der Waals surface area contributed by atoms with Gasteiger partial charge in [-0.15, -0.1) is 11.3 Å². The minimum Gasteiger partial charge on any atom is -0.346 e. The summed E-state index contributed by atoms with van der Waals surface area (Å²) >= 11 is 1.51. The highest BCUT2D eigenvalue weighted by molar-refractivity contribution is 7.12. The largest absolute Gasteiger partial charge is 0.346 e. The SMILES string of the molecule is Cc1csc2c1[C@]1(C)C(=CC2=O)N(C(=O)/C=C/c2c[nH]c3ncccc23)C[C@H]1C. The van der Waals surface area contributed by atoms with Crippen molar-refractivity contribution in [2.45, 2.75) is 26.2 Å². The van der Waals surface area contributed by atoms with Crippen LogP contribution in [0.5, 0.6) is 0 Å². The van der Waals surface area contributed by atoms with E-state index in [1.165, 1.54) is 11.3 Å². The first-order valence-corrected chi connectivity index (χ1v) is 10.6. The Kier molecular flexibility index (Phi) is 3.90. The predicted molar refractivity (Wildman–Crippen MR) is 115 cm³/mol. The Labute approximate surface area is 172 Å². The molecule has 146 valence electrons. The van der Waals surface area contributed by atoms with Crippen LogP contribution in [0, 0.1) is 12.8 Å². The summed E-state index contributed by atoms with van der Waals surface area (Å²) in [6.45, 7) is 6.98. The molecule has 0 spiro atoms. The summed E-state index contributed by atoms with van der Waals surface area (Å²) in [5.41, 5.74) is 4.44. The summed E-state index contributed by atoms with van der Waals surface area (Å²) in [7, 11) is 0. The van der Waals surface area contributed by atoms with Crippen molar-refractivity contribution in [1.82, 2.24) is 14.9 Å². The molecule has 3 aromatic rings. The number of aromatic nitrogens is 2. The lowest BCUT2D eigenvalue weighted by Crippen LogP contribution is -2.35. The van der Waals surface area contributed by atoms with Crippen LogP contribution in [-0.2, 0) is 10.2 Å². The number of fused-ring (bicyclic) bond motifs is 4. The molecule has 0 unspecified atom stereocenters. The van der Waals surface area contributed by atoms with E-state index >= 15 is 0 Å². The van der Waals surface area contributed by atoms with Crippen molar-refractivity contribution in [2.75, 3.05) is 6.54 Å². The Morgan fingerprint density at radius 3 is 3.10 bits per heavy atom. The third kappa shape index (κ3) is 2.48. The molecule has 1 N–H and O–H groups in total. The van der Waals surface area contributed by atoms with Crippen LogP contribution in [0.4, 0.5) is 0 Å². The smallest absolute Gasteiger partial charge is 0.250 e. The molecule has 2 aliphatic rings. The van der Waals surface area contributed by atoms with Crippen molar-refractivity contribution in [3.8, 4) is 0 Å². The Balaban J connectivity index is 1.50. The fourth-order valence-electron chi connectivity index (χ4n) is 4.73. The molecule has 3 aromatic heterocycles. The zero-order chi connectivity index (χ0) is 20.3. The third-order valence-electron chi connectivity index (χ3n) is 6.41. The quantitative estimate of drug-likeness (QED) is 0.643. The van der Waals surface area contributed by atoms with Crippen molar-refractivity contribution in [3.63, 3.8) is 0 Å². The molecule has 1 fully saturated rings. The number of hydrogen-bond acceptors (Lipinski definition) is 4. The third-order valence-corrected chi connectivity index (χ3v) is 7.52. The maximum absolute atomic E-state index is 13.1. The van der Waals surface area contributed by atoms with Crippen LogP contribution in [-0.4, -0.2) is 33.1 Å². The Morgan fingerprint density at radius 1 is 1.45 bits per heavy atom. The monoisotopic (exact) mass is 403 g/mol. The van der Waals surface area contributed by atoms with Gasteiger partial charge in [0.2, 0.25) is 0 Å². The second kappa shape index (κ2) is 6.26. The minimum absolute atomic E-state index is 0.00385. The number of amides is 1. The lowest BCUT2D eigenvalue weighted by molar-refractivity contribution is -0.123. The molecule has 0 saturated carbocycles. The minimum atomic E-state index is -0.318. The van der Waals surface area contributed by atoms with Crippen LogP contribution in [0.3, 0.4) is 0 Å². The summed E-state index contributed by atoms with van der Waals surface area (Å²) in [5, 5.41) is 3.02. The zero-order valence-electron chi connectivity index (χ0n) is 16.5. The van der Waals surface area contributed by atoms with Crippen LogP contribution in [0.15, 0.2) is 47.8 Å². The number of carbonyl (C=O) groups excluding carboxylic acids is 2. The van der Waals surface area contributed by atoms with Crippen molar-refractivity contribution in [2.24, 2.45) is 5.92 Å². The zero-order valence-corrected chi connectivity index (χ0v) is 17.3. The van der Waals surface area contributed by atoms with Gasteiger partial charge in [0.15, 0.2) is 5.78 Å². The molecule has 1 amide bonds. The normalized spacial score (nSPS) is 23.6. The summed E-state index contributed by atoms with van der Waals surface area (Å²) in [4.78, 5) is 35.8. The van der Waals surface area contributed by atoms with E-state index in [1.54, 1.807) is 23.2 Å². The number of pyridine rings is 1. The number of thiophene rings is 1. The molecular weight excluding hydrogens is 382 g/mol. The van der Waals surface area contributed by atoms with Crippen LogP contribution >= 0.6 is 11.3 Å². The summed E-state index contributed by atoms with van der Waals surface area (Å²) in [5.74, 6) is 0.127. The van der Waals surface area contributed by atoms with E-state index in [4.69, 9.17) is 0 Å². The molecule has 0 radical (unpaired) electrons. The van der Waals surface area contributed by atoms with Crippen molar-refractivity contribution >= 4 is 40.1 Å². The van der Waals surface area contributed by atoms with Gasteiger partial charge in [0, 0.05) is 53.2 Å². The van der Waals surface area contributed by atoms with Crippen LogP contribution in [0.1, 0.15) is 40.2 Å². The highest BCUT2D eigenvalue weighted by Gasteiger charge is 2.52.